The van der Waals surface area contributed by atoms with Crippen LogP contribution in [-0.4, -0.2) is 11.8 Å². The lowest BCUT2D eigenvalue weighted by atomic mass is 11.0. The van der Waals surface area contributed by atoms with Crippen LogP contribution in [0, 0.1) is 0 Å². The summed E-state index contributed by atoms with van der Waals surface area (Å²) in [5.74, 6) is 1.11. The van der Waals surface area contributed by atoms with Gasteiger partial charge in [-0.2, -0.15) is 0 Å². The highest BCUT2D eigenvalue weighted by molar-refractivity contribution is 6.25. The van der Waals surface area contributed by atoms with E-state index in [1.165, 1.54) is 0 Å². The van der Waals surface area contributed by atoms with Gasteiger partial charge in [-0.15, -0.1) is 23.2 Å². The highest BCUT2D eigenvalue weighted by atomic mass is 35.5. The minimum atomic E-state index is 0. The van der Waals surface area contributed by atoms with E-state index in [1.807, 2.05) is 0 Å². The van der Waals surface area contributed by atoms with Gasteiger partial charge in [0, 0.05) is 11.8 Å². The van der Waals surface area contributed by atoms with Gasteiger partial charge >= 0.3 is 0 Å². The number of hydrogen-bond donors (Lipinski definition) is 2. The Bertz CT molecular complexity index is 11.5. The van der Waals surface area contributed by atoms with Gasteiger partial charge in [-0.1, -0.05) is 0 Å². The molecule has 0 spiro atoms. The fourth-order valence-corrected chi connectivity index (χ4v) is 0. The third-order valence-corrected chi connectivity index (χ3v) is 0.643. The lowest BCUT2D eigenvalue weighted by Gasteiger charge is -1.63. The van der Waals surface area contributed by atoms with Crippen molar-refractivity contribution < 1.29 is 0 Å². The molecule has 0 aromatic rings. The molecule has 0 amide bonds. The molecule has 0 radical (unpaired) electrons. The largest absolute Gasteiger partial charge is 0.344 e. The van der Waals surface area contributed by atoms with Crippen LogP contribution < -0.4 is 12.3 Å². The Balaban J connectivity index is -0.0000000450. The summed E-state index contributed by atoms with van der Waals surface area (Å²) < 4.78 is 0. The van der Waals surface area contributed by atoms with Crippen molar-refractivity contribution in [2.75, 3.05) is 11.8 Å². The van der Waals surface area contributed by atoms with Gasteiger partial charge in [0.2, 0.25) is 0 Å². The van der Waals surface area contributed by atoms with Gasteiger partial charge in [0.1, 0.15) is 0 Å². The second-order valence-corrected chi connectivity index (χ2v) is 1.13. The van der Waals surface area contributed by atoms with Gasteiger partial charge in [0.15, 0.2) is 0 Å². The zero-order valence-corrected chi connectivity index (χ0v) is 5.10. The van der Waals surface area contributed by atoms with Crippen molar-refractivity contribution in [2.45, 2.75) is 0 Å². The average molecular weight is 133 g/mol. The highest BCUT2D eigenvalue weighted by Gasteiger charge is 1.61. The van der Waals surface area contributed by atoms with Gasteiger partial charge in [-0.25, -0.2) is 0 Å². The lowest BCUT2D eigenvalue weighted by molar-refractivity contribution is 1.52. The van der Waals surface area contributed by atoms with Crippen LogP contribution in [0.3, 0.4) is 0 Å². The van der Waals surface area contributed by atoms with E-state index in [2.05, 4.69) is 0 Å². The molecule has 42 valence electrons. The molecule has 6 N–H and O–H groups in total. The van der Waals surface area contributed by atoms with Crippen LogP contribution in [0.1, 0.15) is 0 Å². The molecule has 0 aromatic carbocycles. The molecule has 0 unspecified atom stereocenters. The molecule has 0 aliphatic heterocycles. The summed E-state index contributed by atoms with van der Waals surface area (Å²) in [5, 5.41) is 0. The van der Waals surface area contributed by atoms with Crippen LogP contribution in [0.25, 0.3) is 0 Å². The van der Waals surface area contributed by atoms with Crippen LogP contribution in [-0.2, 0) is 0 Å². The van der Waals surface area contributed by atoms with Crippen LogP contribution >= 0.6 is 23.2 Å². The normalized spacial score (nSPS) is 5.00. The van der Waals surface area contributed by atoms with Gasteiger partial charge in [0.25, 0.3) is 0 Å². The summed E-state index contributed by atoms with van der Waals surface area (Å²) in [5.41, 5.74) is 0. The maximum absolute atomic E-state index is 5.05. The quantitative estimate of drug-likeness (QED) is 0.535. The summed E-state index contributed by atoms with van der Waals surface area (Å²) in [4.78, 5) is 0. The van der Waals surface area contributed by atoms with E-state index in [0.717, 1.165) is 0 Å². The second kappa shape index (κ2) is 17.8. The molecule has 0 atom stereocenters. The Hall–Kier alpha value is 0.500. The average Bonchev–Trinajstić information content (AvgIpc) is 1.37. The summed E-state index contributed by atoms with van der Waals surface area (Å²) in [6.45, 7) is 0. The molecule has 0 fully saturated rings. The molecule has 0 rings (SSSR count). The second-order valence-electron chi connectivity index (χ2n) is 0.378. The minimum Gasteiger partial charge on any atom is -0.344 e. The molecule has 0 saturated carbocycles. The van der Waals surface area contributed by atoms with E-state index in [0.29, 0.717) is 11.8 Å². The molecule has 6 heavy (non-hydrogen) atoms. The van der Waals surface area contributed by atoms with Crippen molar-refractivity contribution in [2.24, 2.45) is 0 Å². The van der Waals surface area contributed by atoms with Crippen LogP contribution in [0.15, 0.2) is 0 Å². The van der Waals surface area contributed by atoms with Gasteiger partial charge in [-0.05, 0) is 0 Å². The van der Waals surface area contributed by atoms with E-state index >= 15 is 0 Å². The van der Waals surface area contributed by atoms with Gasteiger partial charge in [-0.3, -0.25) is 0 Å². The summed E-state index contributed by atoms with van der Waals surface area (Å²) in [6.07, 6.45) is 0. The molecular weight excluding hydrogens is 123 g/mol. The predicted octanol–water partition coefficient (Wildman–Crippen LogP) is 1.79. The van der Waals surface area contributed by atoms with Crippen molar-refractivity contribution in [3.63, 3.8) is 0 Å². The minimum absolute atomic E-state index is 0. The van der Waals surface area contributed by atoms with Gasteiger partial charge in [0.05, 0.1) is 0 Å². The molecular formula is C2H10Cl2N2. The molecule has 0 aromatic heterocycles. The summed E-state index contributed by atoms with van der Waals surface area (Å²) in [7, 11) is 0. The predicted molar refractivity (Wildman–Crippen MR) is 31.5 cm³/mol. The van der Waals surface area contributed by atoms with E-state index in [9.17, 15) is 0 Å². The lowest BCUT2D eigenvalue weighted by Crippen LogP contribution is -1.63. The van der Waals surface area contributed by atoms with Crippen molar-refractivity contribution in [1.82, 2.24) is 12.3 Å². The van der Waals surface area contributed by atoms with Crippen molar-refractivity contribution in [1.29, 1.82) is 0 Å². The maximum atomic E-state index is 5.05. The van der Waals surface area contributed by atoms with Crippen LogP contribution in [0.2, 0.25) is 0 Å². The van der Waals surface area contributed by atoms with Crippen LogP contribution in [0.5, 0.6) is 0 Å². The van der Waals surface area contributed by atoms with E-state index < -0.39 is 0 Å². The molecule has 0 heterocycles. The Kier molecular flexibility index (Phi) is 47.7. The topological polar surface area (TPSA) is 70.0 Å². The van der Waals surface area contributed by atoms with Gasteiger partial charge < -0.3 is 12.3 Å². The molecule has 0 bridgehead atoms. The molecule has 0 saturated heterocycles. The number of rotatable bonds is 1. The Morgan fingerprint density at radius 3 is 1.00 bits per heavy atom. The third kappa shape index (κ3) is 24.5. The zero-order valence-electron chi connectivity index (χ0n) is 3.58. The Labute approximate surface area is 48.0 Å². The highest BCUT2D eigenvalue weighted by Crippen LogP contribution is 1.75. The SMILES string of the molecule is ClCCCl.N.N. The first-order valence-corrected chi connectivity index (χ1v) is 2.10. The fourth-order valence-electron chi connectivity index (χ4n) is 0. The van der Waals surface area contributed by atoms with Crippen molar-refractivity contribution >= 4 is 23.2 Å². The molecule has 2 nitrogen and oxygen atoms in total. The first-order chi connectivity index (χ1) is 1.91. The van der Waals surface area contributed by atoms with Crippen molar-refractivity contribution in [3.05, 3.63) is 0 Å². The molecule has 0 aliphatic carbocycles. The number of hydrogen-bond acceptors (Lipinski definition) is 2. The standard InChI is InChI=1S/C2H4Cl2.2H3N/c3-1-2-4;;/h1-2H2;2*1H3. The smallest absolute Gasteiger partial charge is 0.0359 e. The summed E-state index contributed by atoms with van der Waals surface area (Å²) in [6, 6.07) is 0. The maximum Gasteiger partial charge on any atom is 0.0359 e. The van der Waals surface area contributed by atoms with E-state index in [-0.39, 0.29) is 12.3 Å². The van der Waals surface area contributed by atoms with Crippen LogP contribution in [0.4, 0.5) is 0 Å². The third-order valence-electron chi connectivity index (χ3n) is 0.0714. The van der Waals surface area contributed by atoms with E-state index in [1.54, 1.807) is 0 Å². The first kappa shape index (κ1) is 16.1. The first-order valence-electron chi connectivity index (χ1n) is 1.03. The van der Waals surface area contributed by atoms with Crippen molar-refractivity contribution in [3.8, 4) is 0 Å². The zero-order chi connectivity index (χ0) is 3.41. The Morgan fingerprint density at radius 2 is 1.00 bits per heavy atom. The summed E-state index contributed by atoms with van der Waals surface area (Å²) >= 11 is 10.1. The molecule has 4 heteroatoms. The fraction of sp³-hybridized carbons (Fsp3) is 1.00. The number of halogens is 2. The molecule has 0 aliphatic rings. The monoisotopic (exact) mass is 132 g/mol. The Morgan fingerprint density at radius 1 is 0.833 bits per heavy atom. The number of alkyl halides is 2. The van der Waals surface area contributed by atoms with E-state index in [4.69, 9.17) is 23.2 Å².